The number of hydrogen-bond donors (Lipinski definition) is 2. The van der Waals surface area contributed by atoms with Gasteiger partial charge in [-0.1, -0.05) is 28.1 Å². The molecule has 0 unspecified atom stereocenters. The van der Waals surface area contributed by atoms with Gasteiger partial charge in [-0.05, 0) is 64.8 Å². The standard InChI is InChI=1S/C14H14Br2N2O2S/c15-11-3-6-13(16)14(9-11)18-21(19,20)12-4-1-10(2-5-12)7-8-17/h1-6,9,18H,7-8,17H2. The fourth-order valence-electron chi connectivity index (χ4n) is 1.78. The van der Waals surface area contributed by atoms with E-state index in [2.05, 4.69) is 36.6 Å². The van der Waals surface area contributed by atoms with Crippen molar-refractivity contribution in [3.05, 3.63) is 57.0 Å². The lowest BCUT2D eigenvalue weighted by Crippen LogP contribution is -2.13. The van der Waals surface area contributed by atoms with Gasteiger partial charge in [-0.15, -0.1) is 0 Å². The summed E-state index contributed by atoms with van der Waals surface area (Å²) in [5.41, 5.74) is 6.97. The number of halogens is 2. The van der Waals surface area contributed by atoms with Crippen LogP contribution < -0.4 is 10.5 Å². The van der Waals surface area contributed by atoms with Crippen LogP contribution in [0.25, 0.3) is 0 Å². The smallest absolute Gasteiger partial charge is 0.261 e. The number of sulfonamides is 1. The van der Waals surface area contributed by atoms with E-state index in [-0.39, 0.29) is 4.90 Å². The first-order chi connectivity index (χ1) is 9.92. The van der Waals surface area contributed by atoms with E-state index in [1.807, 2.05) is 6.07 Å². The van der Waals surface area contributed by atoms with Gasteiger partial charge in [-0.2, -0.15) is 0 Å². The highest BCUT2D eigenvalue weighted by molar-refractivity contribution is 9.11. The molecule has 0 aromatic heterocycles. The third-order valence-electron chi connectivity index (χ3n) is 2.84. The molecule has 0 bridgehead atoms. The van der Waals surface area contributed by atoms with Gasteiger partial charge in [0.25, 0.3) is 10.0 Å². The third kappa shape index (κ3) is 4.29. The van der Waals surface area contributed by atoms with E-state index in [4.69, 9.17) is 5.73 Å². The fourth-order valence-corrected chi connectivity index (χ4v) is 3.69. The second-order valence-corrected chi connectivity index (χ2v) is 7.86. The topological polar surface area (TPSA) is 72.2 Å². The molecular weight excluding hydrogens is 420 g/mol. The zero-order valence-electron chi connectivity index (χ0n) is 11.0. The Labute approximate surface area is 141 Å². The van der Waals surface area contributed by atoms with Gasteiger partial charge in [-0.3, -0.25) is 4.72 Å². The molecule has 0 spiro atoms. The lowest BCUT2D eigenvalue weighted by Gasteiger charge is -2.10. The molecule has 112 valence electrons. The largest absolute Gasteiger partial charge is 0.330 e. The normalized spacial score (nSPS) is 11.4. The maximum Gasteiger partial charge on any atom is 0.261 e. The van der Waals surface area contributed by atoms with Crippen LogP contribution in [-0.4, -0.2) is 15.0 Å². The summed E-state index contributed by atoms with van der Waals surface area (Å²) in [6.45, 7) is 0.537. The average Bonchev–Trinajstić information content (AvgIpc) is 2.44. The quantitative estimate of drug-likeness (QED) is 0.757. The average molecular weight is 434 g/mol. The second kappa shape index (κ2) is 6.91. The van der Waals surface area contributed by atoms with Crippen molar-refractivity contribution in [1.29, 1.82) is 0 Å². The summed E-state index contributed by atoms with van der Waals surface area (Å²) in [4.78, 5) is 0.218. The highest BCUT2D eigenvalue weighted by Gasteiger charge is 2.15. The van der Waals surface area contributed by atoms with Crippen molar-refractivity contribution in [2.75, 3.05) is 11.3 Å². The molecule has 2 rings (SSSR count). The van der Waals surface area contributed by atoms with Crippen molar-refractivity contribution < 1.29 is 8.42 Å². The van der Waals surface area contributed by atoms with Crippen molar-refractivity contribution in [3.8, 4) is 0 Å². The number of benzene rings is 2. The third-order valence-corrected chi connectivity index (χ3v) is 5.41. The van der Waals surface area contributed by atoms with Gasteiger partial charge in [-0.25, -0.2) is 8.42 Å². The molecule has 0 saturated heterocycles. The molecular formula is C14H14Br2N2O2S. The van der Waals surface area contributed by atoms with Crippen LogP contribution in [-0.2, 0) is 16.4 Å². The first-order valence-corrected chi connectivity index (χ1v) is 9.26. The highest BCUT2D eigenvalue weighted by atomic mass is 79.9. The summed E-state index contributed by atoms with van der Waals surface area (Å²) in [5, 5.41) is 0. The molecule has 7 heteroatoms. The predicted molar refractivity (Wildman–Crippen MR) is 91.9 cm³/mol. The molecule has 0 heterocycles. The molecule has 21 heavy (non-hydrogen) atoms. The van der Waals surface area contributed by atoms with Crippen LogP contribution in [0.15, 0.2) is 56.3 Å². The van der Waals surface area contributed by atoms with Crippen molar-refractivity contribution in [2.45, 2.75) is 11.3 Å². The van der Waals surface area contributed by atoms with Gasteiger partial charge < -0.3 is 5.73 Å². The Balaban J connectivity index is 2.27. The zero-order chi connectivity index (χ0) is 15.5. The van der Waals surface area contributed by atoms with Crippen LogP contribution >= 0.6 is 31.9 Å². The van der Waals surface area contributed by atoms with Gasteiger partial charge >= 0.3 is 0 Å². The van der Waals surface area contributed by atoms with Gasteiger partial charge in [0, 0.05) is 8.95 Å². The van der Waals surface area contributed by atoms with Crippen molar-refractivity contribution >= 4 is 47.6 Å². The summed E-state index contributed by atoms with van der Waals surface area (Å²) in [6, 6.07) is 12.0. The minimum atomic E-state index is -3.62. The van der Waals surface area contributed by atoms with Gasteiger partial charge in [0.2, 0.25) is 0 Å². The highest BCUT2D eigenvalue weighted by Crippen LogP contribution is 2.28. The Hall–Kier alpha value is -0.890. The Morgan fingerprint density at radius 3 is 2.33 bits per heavy atom. The minimum Gasteiger partial charge on any atom is -0.330 e. The number of nitrogens with two attached hydrogens (primary N) is 1. The van der Waals surface area contributed by atoms with E-state index in [0.717, 1.165) is 16.5 Å². The molecule has 2 aromatic carbocycles. The van der Waals surface area contributed by atoms with Crippen LogP contribution in [0.2, 0.25) is 0 Å². The Morgan fingerprint density at radius 1 is 1.05 bits per heavy atom. The molecule has 0 aliphatic carbocycles. The van der Waals surface area contributed by atoms with Gasteiger partial charge in [0.05, 0.1) is 10.6 Å². The first-order valence-electron chi connectivity index (χ1n) is 6.19. The summed E-state index contributed by atoms with van der Waals surface area (Å²) in [5.74, 6) is 0. The van der Waals surface area contributed by atoms with E-state index in [1.54, 1.807) is 36.4 Å². The van der Waals surface area contributed by atoms with E-state index < -0.39 is 10.0 Å². The number of hydrogen-bond acceptors (Lipinski definition) is 3. The molecule has 0 fully saturated rings. The van der Waals surface area contributed by atoms with E-state index >= 15 is 0 Å². The second-order valence-electron chi connectivity index (χ2n) is 4.41. The zero-order valence-corrected chi connectivity index (χ0v) is 15.0. The molecule has 0 saturated carbocycles. The number of rotatable bonds is 5. The van der Waals surface area contributed by atoms with Crippen LogP contribution in [0, 0.1) is 0 Å². The van der Waals surface area contributed by atoms with E-state index in [1.165, 1.54) is 0 Å². The molecule has 4 nitrogen and oxygen atoms in total. The maximum absolute atomic E-state index is 12.4. The van der Waals surface area contributed by atoms with E-state index in [9.17, 15) is 8.42 Å². The summed E-state index contributed by atoms with van der Waals surface area (Å²) in [7, 11) is -3.62. The molecule has 0 aliphatic rings. The number of nitrogens with one attached hydrogen (secondary N) is 1. The molecule has 0 amide bonds. The lowest BCUT2D eigenvalue weighted by molar-refractivity contribution is 0.601. The summed E-state index contributed by atoms with van der Waals surface area (Å²) < 4.78 is 28.8. The maximum atomic E-state index is 12.4. The first kappa shape index (κ1) is 16.5. The number of anilines is 1. The van der Waals surface area contributed by atoms with Crippen molar-refractivity contribution in [3.63, 3.8) is 0 Å². The lowest BCUT2D eigenvalue weighted by atomic mass is 10.2. The Bertz CT molecular complexity index is 731. The van der Waals surface area contributed by atoms with Gasteiger partial charge in [0.15, 0.2) is 0 Å². The van der Waals surface area contributed by atoms with Crippen LogP contribution in [0.1, 0.15) is 5.56 Å². The Kier molecular flexibility index (Phi) is 5.43. The summed E-state index contributed by atoms with van der Waals surface area (Å²) >= 11 is 6.65. The molecule has 3 N–H and O–H groups in total. The molecule has 0 atom stereocenters. The predicted octanol–water partition coefficient (Wildman–Crippen LogP) is 3.51. The monoisotopic (exact) mass is 432 g/mol. The van der Waals surface area contributed by atoms with Crippen molar-refractivity contribution in [1.82, 2.24) is 0 Å². The van der Waals surface area contributed by atoms with Crippen LogP contribution in [0.4, 0.5) is 5.69 Å². The summed E-state index contributed by atoms with van der Waals surface area (Å²) in [6.07, 6.45) is 0.727. The van der Waals surface area contributed by atoms with Gasteiger partial charge in [0.1, 0.15) is 0 Å². The van der Waals surface area contributed by atoms with Crippen LogP contribution in [0.3, 0.4) is 0 Å². The van der Waals surface area contributed by atoms with Crippen LogP contribution in [0.5, 0.6) is 0 Å². The van der Waals surface area contributed by atoms with E-state index in [0.29, 0.717) is 16.7 Å². The SMILES string of the molecule is NCCc1ccc(S(=O)(=O)Nc2cc(Br)ccc2Br)cc1. The molecule has 2 aromatic rings. The molecule has 0 aliphatic heterocycles. The minimum absolute atomic E-state index is 0.218. The fraction of sp³-hybridized carbons (Fsp3) is 0.143. The Morgan fingerprint density at radius 2 is 1.71 bits per heavy atom. The van der Waals surface area contributed by atoms with Crippen molar-refractivity contribution in [2.24, 2.45) is 5.73 Å². The molecule has 0 radical (unpaired) electrons.